The number of alkyl halides is 2. The van der Waals surface area contributed by atoms with Crippen LogP contribution in [-0.4, -0.2) is 29.5 Å². The molecule has 0 unspecified atom stereocenters. The van der Waals surface area contributed by atoms with Gasteiger partial charge >= 0.3 is 5.97 Å². The molecule has 0 heterocycles. The Labute approximate surface area is 85.7 Å². The average Bonchev–Trinajstić information content (AvgIpc) is 2.09. The van der Waals surface area contributed by atoms with Crippen molar-refractivity contribution in [3.8, 4) is 0 Å². The molecule has 0 bridgehead atoms. The first-order valence-corrected chi connectivity index (χ1v) is 4.70. The zero-order valence-electron chi connectivity index (χ0n) is 8.30. The molecule has 1 amide bonds. The van der Waals surface area contributed by atoms with Gasteiger partial charge in [-0.15, -0.1) is 0 Å². The topological polar surface area (TPSA) is 66.4 Å². The monoisotopic (exact) mass is 221 g/mol. The van der Waals surface area contributed by atoms with Crippen LogP contribution in [0.1, 0.15) is 19.8 Å². The second-order valence-corrected chi connectivity index (χ2v) is 3.95. The van der Waals surface area contributed by atoms with Gasteiger partial charge in [-0.2, -0.15) is 0 Å². The molecule has 0 aliphatic heterocycles. The Hall–Kier alpha value is -1.20. The van der Waals surface area contributed by atoms with Crippen LogP contribution in [0.15, 0.2) is 0 Å². The van der Waals surface area contributed by atoms with E-state index in [-0.39, 0.29) is 6.54 Å². The van der Waals surface area contributed by atoms with Gasteiger partial charge in [-0.1, -0.05) is 6.92 Å². The molecule has 1 saturated carbocycles. The van der Waals surface area contributed by atoms with E-state index >= 15 is 0 Å². The van der Waals surface area contributed by atoms with Crippen molar-refractivity contribution in [3.63, 3.8) is 0 Å². The van der Waals surface area contributed by atoms with Crippen molar-refractivity contribution in [1.29, 1.82) is 0 Å². The quantitative estimate of drug-likeness (QED) is 0.740. The fourth-order valence-corrected chi connectivity index (χ4v) is 1.33. The highest BCUT2D eigenvalue weighted by Gasteiger charge is 2.48. The molecule has 1 fully saturated rings. The van der Waals surface area contributed by atoms with Gasteiger partial charge in [0.15, 0.2) is 0 Å². The van der Waals surface area contributed by atoms with E-state index in [1.165, 1.54) is 6.92 Å². The summed E-state index contributed by atoms with van der Waals surface area (Å²) < 4.78 is 24.8. The minimum Gasteiger partial charge on any atom is -0.481 e. The van der Waals surface area contributed by atoms with E-state index in [0.29, 0.717) is 0 Å². The number of hydrogen-bond acceptors (Lipinski definition) is 2. The van der Waals surface area contributed by atoms with Crippen molar-refractivity contribution in [3.05, 3.63) is 0 Å². The third-order valence-electron chi connectivity index (χ3n) is 2.46. The van der Waals surface area contributed by atoms with Gasteiger partial charge in [0.25, 0.3) is 0 Å². The van der Waals surface area contributed by atoms with Gasteiger partial charge in [-0.3, -0.25) is 9.59 Å². The number of carboxylic acid groups (broad SMARTS) is 1. The third-order valence-corrected chi connectivity index (χ3v) is 2.46. The molecule has 1 aliphatic rings. The molecule has 0 spiro atoms. The van der Waals surface area contributed by atoms with Crippen LogP contribution in [0.2, 0.25) is 0 Å². The Bertz CT molecular complexity index is 273. The van der Waals surface area contributed by atoms with Gasteiger partial charge in [0.05, 0.1) is 5.92 Å². The molecule has 86 valence electrons. The minimum absolute atomic E-state index is 0.0176. The van der Waals surface area contributed by atoms with E-state index in [1.807, 2.05) is 0 Å². The van der Waals surface area contributed by atoms with E-state index < -0.39 is 42.5 Å². The van der Waals surface area contributed by atoms with Crippen LogP contribution >= 0.6 is 0 Å². The summed E-state index contributed by atoms with van der Waals surface area (Å²) in [5.41, 5.74) is 0. The SMILES string of the molecule is C[C@@H](CNC(=O)C1CC(F)(F)C1)C(=O)O. The lowest BCUT2D eigenvalue weighted by Crippen LogP contribution is -2.46. The molecule has 0 radical (unpaired) electrons. The number of hydrogen-bond donors (Lipinski definition) is 2. The van der Waals surface area contributed by atoms with Gasteiger partial charge in [0, 0.05) is 25.3 Å². The Kier molecular flexibility index (Phi) is 3.26. The van der Waals surface area contributed by atoms with Crippen LogP contribution in [0.4, 0.5) is 8.78 Å². The number of amides is 1. The Morgan fingerprint density at radius 2 is 2.07 bits per heavy atom. The predicted molar refractivity (Wildman–Crippen MR) is 47.5 cm³/mol. The molecule has 2 N–H and O–H groups in total. The Morgan fingerprint density at radius 1 is 1.53 bits per heavy atom. The Balaban J connectivity index is 2.24. The number of aliphatic carboxylic acids is 1. The normalized spacial score (nSPS) is 21.5. The first-order chi connectivity index (χ1) is 6.82. The summed E-state index contributed by atoms with van der Waals surface area (Å²) in [6.07, 6.45) is -0.861. The highest BCUT2D eigenvalue weighted by molar-refractivity contribution is 5.80. The van der Waals surface area contributed by atoms with Crippen molar-refractivity contribution in [2.24, 2.45) is 11.8 Å². The molecular weight excluding hydrogens is 208 g/mol. The lowest BCUT2D eigenvalue weighted by Gasteiger charge is -2.33. The smallest absolute Gasteiger partial charge is 0.308 e. The fraction of sp³-hybridized carbons (Fsp3) is 0.778. The fourth-order valence-electron chi connectivity index (χ4n) is 1.33. The van der Waals surface area contributed by atoms with Crippen LogP contribution < -0.4 is 5.32 Å². The minimum atomic E-state index is -2.72. The summed E-state index contributed by atoms with van der Waals surface area (Å²) >= 11 is 0. The maximum atomic E-state index is 12.4. The molecule has 1 rings (SSSR count). The van der Waals surface area contributed by atoms with Gasteiger partial charge in [0.2, 0.25) is 11.8 Å². The van der Waals surface area contributed by atoms with Crippen LogP contribution in [0.3, 0.4) is 0 Å². The summed E-state index contributed by atoms with van der Waals surface area (Å²) in [7, 11) is 0. The number of carbonyl (C=O) groups excluding carboxylic acids is 1. The number of rotatable bonds is 4. The molecule has 4 nitrogen and oxygen atoms in total. The van der Waals surface area contributed by atoms with E-state index in [0.717, 1.165) is 0 Å². The van der Waals surface area contributed by atoms with Gasteiger partial charge in [-0.25, -0.2) is 8.78 Å². The highest BCUT2D eigenvalue weighted by atomic mass is 19.3. The summed E-state index contributed by atoms with van der Waals surface area (Å²) in [6.45, 7) is 1.42. The molecular formula is C9H13F2NO3. The molecule has 0 aromatic carbocycles. The summed E-state index contributed by atoms with van der Waals surface area (Å²) in [5.74, 6) is -5.58. The third kappa shape index (κ3) is 3.14. The van der Waals surface area contributed by atoms with Crippen molar-refractivity contribution >= 4 is 11.9 Å². The summed E-state index contributed by atoms with van der Waals surface area (Å²) in [5, 5.41) is 10.9. The molecule has 0 aromatic rings. The molecule has 1 atom stereocenters. The van der Waals surface area contributed by atoms with Crippen LogP contribution in [-0.2, 0) is 9.59 Å². The van der Waals surface area contributed by atoms with E-state index in [2.05, 4.69) is 5.32 Å². The van der Waals surface area contributed by atoms with Gasteiger partial charge in [-0.05, 0) is 0 Å². The largest absolute Gasteiger partial charge is 0.481 e. The van der Waals surface area contributed by atoms with Crippen molar-refractivity contribution in [2.45, 2.75) is 25.7 Å². The number of carboxylic acids is 1. The molecule has 1 aliphatic carbocycles. The number of nitrogens with one attached hydrogen (secondary N) is 1. The van der Waals surface area contributed by atoms with Crippen molar-refractivity contribution in [2.75, 3.05) is 6.54 Å². The summed E-state index contributed by atoms with van der Waals surface area (Å²) in [6, 6.07) is 0. The number of halogens is 2. The van der Waals surface area contributed by atoms with Gasteiger partial charge < -0.3 is 10.4 Å². The van der Waals surface area contributed by atoms with Crippen LogP contribution in [0.5, 0.6) is 0 Å². The molecule has 6 heteroatoms. The summed E-state index contributed by atoms with van der Waals surface area (Å²) in [4.78, 5) is 21.6. The average molecular weight is 221 g/mol. The standard InChI is InChI=1S/C9H13F2NO3/c1-5(8(14)15)4-12-7(13)6-2-9(10,11)3-6/h5-6H,2-4H2,1H3,(H,12,13)(H,14,15)/t5-/m0/s1. The molecule has 15 heavy (non-hydrogen) atoms. The second-order valence-electron chi connectivity index (χ2n) is 3.95. The van der Waals surface area contributed by atoms with Crippen LogP contribution in [0.25, 0.3) is 0 Å². The van der Waals surface area contributed by atoms with E-state index in [1.54, 1.807) is 0 Å². The molecule has 0 aromatic heterocycles. The first kappa shape index (κ1) is 11.9. The van der Waals surface area contributed by atoms with E-state index in [9.17, 15) is 18.4 Å². The van der Waals surface area contributed by atoms with Crippen molar-refractivity contribution < 1.29 is 23.5 Å². The molecule has 0 saturated heterocycles. The first-order valence-electron chi connectivity index (χ1n) is 4.70. The van der Waals surface area contributed by atoms with Gasteiger partial charge in [0.1, 0.15) is 0 Å². The second kappa shape index (κ2) is 4.12. The predicted octanol–water partition coefficient (Wildman–Crippen LogP) is 0.869. The number of carbonyl (C=O) groups is 2. The lowest BCUT2D eigenvalue weighted by molar-refractivity contribution is -0.150. The zero-order valence-corrected chi connectivity index (χ0v) is 8.30. The Morgan fingerprint density at radius 3 is 2.47 bits per heavy atom. The lowest BCUT2D eigenvalue weighted by atomic mass is 9.81. The van der Waals surface area contributed by atoms with E-state index in [4.69, 9.17) is 5.11 Å². The van der Waals surface area contributed by atoms with Crippen molar-refractivity contribution in [1.82, 2.24) is 5.32 Å². The zero-order chi connectivity index (χ0) is 11.6. The maximum Gasteiger partial charge on any atom is 0.308 e. The highest BCUT2D eigenvalue weighted by Crippen LogP contribution is 2.42. The van der Waals surface area contributed by atoms with Crippen LogP contribution in [0, 0.1) is 11.8 Å². The maximum absolute atomic E-state index is 12.4.